The van der Waals surface area contributed by atoms with Crippen LogP contribution in [-0.2, 0) is 19.1 Å². The van der Waals surface area contributed by atoms with Gasteiger partial charge in [0.05, 0.1) is 5.92 Å². The van der Waals surface area contributed by atoms with E-state index in [-0.39, 0.29) is 25.5 Å². The molecule has 0 bridgehead atoms. The van der Waals surface area contributed by atoms with Crippen molar-refractivity contribution in [2.24, 2.45) is 5.92 Å². The third-order valence-electron chi connectivity index (χ3n) is 5.67. The van der Waals surface area contributed by atoms with E-state index in [1.54, 1.807) is 11.0 Å². The molecule has 0 spiro atoms. The maximum Gasteiger partial charge on any atom is 0.311 e. The lowest BCUT2D eigenvalue weighted by Crippen LogP contribution is -2.28. The zero-order chi connectivity index (χ0) is 22.0. The van der Waals surface area contributed by atoms with Gasteiger partial charge in [0.2, 0.25) is 5.91 Å². The molecule has 1 atom stereocenters. The van der Waals surface area contributed by atoms with Crippen molar-refractivity contribution in [3.05, 3.63) is 57.1 Å². The number of aryl methyl sites for hydroxylation is 1. The van der Waals surface area contributed by atoms with Crippen LogP contribution in [-0.4, -0.2) is 30.9 Å². The minimum absolute atomic E-state index is 0.0822. The van der Waals surface area contributed by atoms with Gasteiger partial charge < -0.3 is 15.0 Å². The van der Waals surface area contributed by atoms with E-state index < -0.39 is 17.8 Å². The zero-order valence-electron chi connectivity index (χ0n) is 17.5. The molecular weight excluding hydrogens is 448 g/mol. The van der Waals surface area contributed by atoms with Crippen molar-refractivity contribution >= 4 is 45.1 Å². The van der Waals surface area contributed by atoms with E-state index in [0.717, 1.165) is 32.4 Å². The number of hydrogen-bond acceptors (Lipinski definition) is 4. The molecule has 30 heavy (non-hydrogen) atoms. The summed E-state index contributed by atoms with van der Waals surface area (Å²) in [7, 11) is 0. The number of amides is 2. The van der Waals surface area contributed by atoms with Crippen LogP contribution in [0.5, 0.6) is 0 Å². The molecule has 1 heterocycles. The molecular formula is C23H25BrN2O4. The molecule has 0 aliphatic carbocycles. The number of benzene rings is 2. The Morgan fingerprint density at radius 3 is 2.57 bits per heavy atom. The highest BCUT2D eigenvalue weighted by Gasteiger charge is 2.37. The Morgan fingerprint density at radius 2 is 1.83 bits per heavy atom. The van der Waals surface area contributed by atoms with Gasteiger partial charge >= 0.3 is 5.97 Å². The second-order valence-electron chi connectivity index (χ2n) is 7.63. The Morgan fingerprint density at radius 1 is 1.10 bits per heavy atom. The molecule has 1 saturated heterocycles. The number of carbonyl (C=O) groups excluding carboxylic acids is 3. The zero-order valence-corrected chi connectivity index (χ0v) is 19.1. The van der Waals surface area contributed by atoms with Crippen molar-refractivity contribution in [1.82, 2.24) is 0 Å². The van der Waals surface area contributed by atoms with Crippen LogP contribution in [0.3, 0.4) is 0 Å². The molecule has 1 N–H and O–H groups in total. The van der Waals surface area contributed by atoms with Crippen LogP contribution in [0, 0.1) is 33.6 Å². The summed E-state index contributed by atoms with van der Waals surface area (Å²) in [5.41, 5.74) is 5.55. The van der Waals surface area contributed by atoms with Crippen molar-refractivity contribution in [2.45, 2.75) is 34.1 Å². The number of halogens is 1. The molecule has 0 saturated carbocycles. The van der Waals surface area contributed by atoms with E-state index in [1.807, 2.05) is 52.0 Å². The van der Waals surface area contributed by atoms with E-state index in [9.17, 15) is 14.4 Å². The van der Waals surface area contributed by atoms with Crippen LogP contribution in [0.25, 0.3) is 0 Å². The number of hydrogen-bond donors (Lipinski definition) is 1. The van der Waals surface area contributed by atoms with Crippen LogP contribution in [0.15, 0.2) is 34.8 Å². The highest BCUT2D eigenvalue weighted by molar-refractivity contribution is 9.10. The molecule has 2 amide bonds. The van der Waals surface area contributed by atoms with Gasteiger partial charge in [0.25, 0.3) is 5.91 Å². The Hall–Kier alpha value is -2.67. The predicted molar refractivity (Wildman–Crippen MR) is 120 cm³/mol. The Balaban J connectivity index is 1.58. The largest absolute Gasteiger partial charge is 0.455 e. The molecule has 3 rings (SSSR count). The first kappa shape index (κ1) is 22.0. The molecule has 1 aliphatic rings. The summed E-state index contributed by atoms with van der Waals surface area (Å²) in [4.78, 5) is 38.8. The van der Waals surface area contributed by atoms with Crippen molar-refractivity contribution < 1.29 is 19.1 Å². The molecule has 2 aromatic rings. The van der Waals surface area contributed by atoms with E-state index in [0.29, 0.717) is 5.69 Å². The smallest absolute Gasteiger partial charge is 0.311 e. The lowest BCUT2D eigenvalue weighted by Gasteiger charge is -2.20. The first-order valence-corrected chi connectivity index (χ1v) is 10.6. The van der Waals surface area contributed by atoms with Crippen LogP contribution < -0.4 is 10.2 Å². The maximum absolute atomic E-state index is 12.5. The second kappa shape index (κ2) is 9.00. The summed E-state index contributed by atoms with van der Waals surface area (Å²) in [6.07, 6.45) is 0.0822. The monoisotopic (exact) mass is 472 g/mol. The number of nitrogens with one attached hydrogen (secondary N) is 1. The normalized spacial score (nSPS) is 16.0. The number of ether oxygens (including phenoxy) is 1. The summed E-state index contributed by atoms with van der Waals surface area (Å²) in [6, 6.07) is 9.41. The average Bonchev–Trinajstić information content (AvgIpc) is 3.10. The third-order valence-corrected chi connectivity index (χ3v) is 6.52. The van der Waals surface area contributed by atoms with Crippen molar-refractivity contribution in [1.29, 1.82) is 0 Å². The fourth-order valence-corrected chi connectivity index (χ4v) is 3.92. The van der Waals surface area contributed by atoms with Crippen molar-refractivity contribution in [3.63, 3.8) is 0 Å². The quantitative estimate of drug-likeness (QED) is 0.660. The molecule has 0 radical (unpaired) electrons. The van der Waals surface area contributed by atoms with E-state index in [1.165, 1.54) is 0 Å². The Kier molecular flexibility index (Phi) is 6.61. The molecule has 7 heteroatoms. The van der Waals surface area contributed by atoms with Gasteiger partial charge in [0.15, 0.2) is 6.61 Å². The molecule has 6 nitrogen and oxygen atoms in total. The number of carbonyl (C=O) groups is 3. The average molecular weight is 473 g/mol. The maximum atomic E-state index is 12.5. The van der Waals surface area contributed by atoms with E-state index in [4.69, 9.17) is 4.74 Å². The third kappa shape index (κ3) is 4.56. The van der Waals surface area contributed by atoms with Gasteiger partial charge in [0.1, 0.15) is 0 Å². The minimum atomic E-state index is -0.582. The number of nitrogens with zero attached hydrogens (tertiary/aromatic N) is 1. The Labute approximate surface area is 184 Å². The number of rotatable bonds is 5. The number of anilines is 2. The van der Waals surface area contributed by atoms with Gasteiger partial charge in [0, 0.05) is 28.8 Å². The van der Waals surface area contributed by atoms with Gasteiger partial charge in [-0.15, -0.1) is 0 Å². The summed E-state index contributed by atoms with van der Waals surface area (Å²) in [6.45, 7) is 7.68. The predicted octanol–water partition coefficient (Wildman–Crippen LogP) is 4.22. The van der Waals surface area contributed by atoms with Gasteiger partial charge in [-0.25, -0.2) is 0 Å². The first-order chi connectivity index (χ1) is 14.2. The molecule has 1 aliphatic heterocycles. The van der Waals surface area contributed by atoms with E-state index >= 15 is 0 Å². The summed E-state index contributed by atoms with van der Waals surface area (Å²) in [5, 5.41) is 2.77. The molecule has 158 valence electrons. The standard InChI is InChI=1S/C23H25BrN2O4/c1-13-6-5-7-20(14(13)2)26-11-17(10-22(26)28)23(29)30-12-21(27)25-19-9-8-18(24)15(3)16(19)4/h5-9,17H,10-12H2,1-4H3,(H,25,27)/t17-/m1/s1. The summed E-state index contributed by atoms with van der Waals surface area (Å²) >= 11 is 3.46. The highest BCUT2D eigenvalue weighted by atomic mass is 79.9. The van der Waals surface area contributed by atoms with Gasteiger partial charge in [-0.05, 0) is 68.1 Å². The van der Waals surface area contributed by atoms with Crippen molar-refractivity contribution in [2.75, 3.05) is 23.4 Å². The van der Waals surface area contributed by atoms with Gasteiger partial charge in [-0.3, -0.25) is 14.4 Å². The fraction of sp³-hybridized carbons (Fsp3) is 0.348. The summed E-state index contributed by atoms with van der Waals surface area (Å²) in [5.74, 6) is -1.64. The first-order valence-electron chi connectivity index (χ1n) is 9.77. The molecule has 0 unspecified atom stereocenters. The van der Waals surface area contributed by atoms with E-state index in [2.05, 4.69) is 21.2 Å². The molecule has 2 aromatic carbocycles. The van der Waals surface area contributed by atoms with Crippen LogP contribution in [0.2, 0.25) is 0 Å². The van der Waals surface area contributed by atoms with Gasteiger partial charge in [-0.1, -0.05) is 28.1 Å². The van der Waals surface area contributed by atoms with Crippen LogP contribution in [0.1, 0.15) is 28.7 Å². The van der Waals surface area contributed by atoms with Crippen LogP contribution >= 0.6 is 15.9 Å². The minimum Gasteiger partial charge on any atom is -0.455 e. The summed E-state index contributed by atoms with van der Waals surface area (Å²) < 4.78 is 6.16. The highest BCUT2D eigenvalue weighted by Crippen LogP contribution is 2.30. The van der Waals surface area contributed by atoms with Gasteiger partial charge in [-0.2, -0.15) is 0 Å². The second-order valence-corrected chi connectivity index (χ2v) is 8.48. The molecule has 0 aromatic heterocycles. The number of esters is 1. The lowest BCUT2D eigenvalue weighted by molar-refractivity contribution is -0.151. The SMILES string of the molecule is Cc1cccc(N2C[C@H](C(=O)OCC(=O)Nc3ccc(Br)c(C)c3C)CC2=O)c1C. The Bertz CT molecular complexity index is 1020. The van der Waals surface area contributed by atoms with Crippen LogP contribution in [0.4, 0.5) is 11.4 Å². The lowest BCUT2D eigenvalue weighted by atomic mass is 10.1. The fourth-order valence-electron chi connectivity index (χ4n) is 3.49. The van der Waals surface area contributed by atoms with Crippen molar-refractivity contribution in [3.8, 4) is 0 Å². The topological polar surface area (TPSA) is 75.7 Å². The molecule has 1 fully saturated rings.